The number of carbonyl (C=O) groups is 3. The summed E-state index contributed by atoms with van der Waals surface area (Å²) >= 11 is 0. The van der Waals surface area contributed by atoms with Crippen molar-refractivity contribution in [1.29, 1.82) is 0 Å². The first-order chi connectivity index (χ1) is 21.5. The fraction of sp³-hybridized carbons (Fsp3) is 0.162. The van der Waals surface area contributed by atoms with Gasteiger partial charge in [0.25, 0.3) is 11.8 Å². The Bertz CT molecular complexity index is 1790. The molecule has 0 heterocycles. The number of nitrogens with zero attached hydrogens (tertiary/aromatic N) is 1. The Morgan fingerprint density at radius 3 is 2.09 bits per heavy atom. The Kier molecular flexibility index (Phi) is 9.67. The molecule has 0 spiro atoms. The van der Waals surface area contributed by atoms with Crippen molar-refractivity contribution in [2.45, 2.75) is 19.4 Å². The first kappa shape index (κ1) is 30.0. The van der Waals surface area contributed by atoms with Crippen LogP contribution in [0, 0.1) is 0 Å². The molecule has 0 atom stereocenters. The number of carboxylic acids is 1. The molecule has 2 amide bonds. The smallest absolute Gasteiger partial charge is 0.305 e. The zero-order valence-corrected chi connectivity index (χ0v) is 24.5. The van der Waals surface area contributed by atoms with Gasteiger partial charge < -0.3 is 20.1 Å². The highest BCUT2D eigenvalue weighted by molar-refractivity contribution is 6.06. The summed E-state index contributed by atoms with van der Waals surface area (Å²) in [5.41, 5.74) is 3.99. The lowest BCUT2D eigenvalue weighted by Gasteiger charge is -2.24. The highest BCUT2D eigenvalue weighted by Crippen LogP contribution is 2.29. The van der Waals surface area contributed by atoms with Crippen molar-refractivity contribution in [2.24, 2.45) is 0 Å². The lowest BCUT2D eigenvalue weighted by atomic mass is 9.94. The fourth-order valence-electron chi connectivity index (χ4n) is 5.42. The molecule has 5 rings (SSSR count). The number of hydrogen-bond donors (Lipinski definition) is 2. The summed E-state index contributed by atoms with van der Waals surface area (Å²) in [5.74, 6) is -0.832. The van der Waals surface area contributed by atoms with E-state index in [1.165, 1.54) is 0 Å². The van der Waals surface area contributed by atoms with Crippen LogP contribution in [0.25, 0.3) is 21.9 Å². The van der Waals surface area contributed by atoms with E-state index in [0.717, 1.165) is 21.9 Å². The average Bonchev–Trinajstić information content (AvgIpc) is 3.07. The Hall–Kier alpha value is -5.43. The number of carboxylic acid groups (broad SMARTS) is 1. The van der Waals surface area contributed by atoms with Crippen molar-refractivity contribution in [1.82, 2.24) is 10.2 Å². The van der Waals surface area contributed by atoms with Gasteiger partial charge in [-0.1, -0.05) is 97.1 Å². The normalized spacial score (nSPS) is 10.8. The predicted molar refractivity (Wildman–Crippen MR) is 172 cm³/mol. The van der Waals surface area contributed by atoms with Crippen LogP contribution in [-0.4, -0.2) is 48.0 Å². The molecule has 0 aromatic heterocycles. The second-order valence-corrected chi connectivity index (χ2v) is 10.4. The zero-order chi connectivity index (χ0) is 30.9. The third-order valence-corrected chi connectivity index (χ3v) is 7.67. The fourth-order valence-corrected chi connectivity index (χ4v) is 5.42. The maximum Gasteiger partial charge on any atom is 0.305 e. The molecule has 7 heteroatoms. The van der Waals surface area contributed by atoms with Crippen LogP contribution in [0.2, 0.25) is 0 Å². The molecule has 0 saturated carbocycles. The summed E-state index contributed by atoms with van der Waals surface area (Å²) in [7, 11) is 1.60. The Labute approximate surface area is 256 Å². The zero-order valence-electron chi connectivity index (χ0n) is 24.5. The number of nitrogens with one attached hydrogen (secondary N) is 1. The Balaban J connectivity index is 1.41. The third kappa shape index (κ3) is 6.95. The Morgan fingerprint density at radius 1 is 0.705 bits per heavy atom. The van der Waals surface area contributed by atoms with Crippen LogP contribution in [-0.2, 0) is 17.8 Å². The van der Waals surface area contributed by atoms with Crippen molar-refractivity contribution in [3.05, 3.63) is 138 Å². The van der Waals surface area contributed by atoms with E-state index in [4.69, 9.17) is 4.74 Å². The highest BCUT2D eigenvalue weighted by atomic mass is 16.5. The number of para-hydroxylation sites is 1. The number of methoxy groups -OCH3 is 1. The van der Waals surface area contributed by atoms with Crippen LogP contribution in [0.1, 0.15) is 38.3 Å². The molecule has 0 fully saturated rings. The van der Waals surface area contributed by atoms with E-state index >= 15 is 0 Å². The summed E-state index contributed by atoms with van der Waals surface area (Å²) in [6.45, 7) is 0.694. The maximum atomic E-state index is 14.0. The van der Waals surface area contributed by atoms with Gasteiger partial charge in [0.05, 0.1) is 13.5 Å². The van der Waals surface area contributed by atoms with Gasteiger partial charge in [0.1, 0.15) is 5.75 Å². The van der Waals surface area contributed by atoms with E-state index in [0.29, 0.717) is 47.5 Å². The molecular formula is C37H34N2O5. The minimum Gasteiger partial charge on any atom is -0.496 e. The maximum absolute atomic E-state index is 14.0. The van der Waals surface area contributed by atoms with Crippen molar-refractivity contribution in [2.75, 3.05) is 20.2 Å². The molecule has 0 aliphatic carbocycles. The molecule has 44 heavy (non-hydrogen) atoms. The van der Waals surface area contributed by atoms with Crippen LogP contribution in [0.4, 0.5) is 0 Å². The summed E-state index contributed by atoms with van der Waals surface area (Å²) in [6, 6.07) is 36.0. The number of ether oxygens (including phenoxy) is 1. The molecule has 0 saturated heterocycles. The van der Waals surface area contributed by atoms with Gasteiger partial charge in [0.2, 0.25) is 0 Å². The molecule has 0 radical (unpaired) electrons. The van der Waals surface area contributed by atoms with Gasteiger partial charge in [-0.3, -0.25) is 14.4 Å². The van der Waals surface area contributed by atoms with Gasteiger partial charge in [-0.25, -0.2) is 0 Å². The van der Waals surface area contributed by atoms with Crippen LogP contribution in [0.15, 0.2) is 115 Å². The Morgan fingerprint density at radius 2 is 1.32 bits per heavy atom. The van der Waals surface area contributed by atoms with Crippen molar-refractivity contribution in [3.63, 3.8) is 0 Å². The second-order valence-electron chi connectivity index (χ2n) is 10.4. The number of hydrogen-bond acceptors (Lipinski definition) is 4. The largest absolute Gasteiger partial charge is 0.496 e. The number of aliphatic carboxylic acids is 1. The summed E-state index contributed by atoms with van der Waals surface area (Å²) in [4.78, 5) is 40.7. The monoisotopic (exact) mass is 586 g/mol. The number of rotatable bonds is 12. The average molecular weight is 587 g/mol. The lowest BCUT2D eigenvalue weighted by molar-refractivity contribution is -0.137. The van der Waals surface area contributed by atoms with E-state index < -0.39 is 5.97 Å². The van der Waals surface area contributed by atoms with Gasteiger partial charge in [0, 0.05) is 30.8 Å². The van der Waals surface area contributed by atoms with E-state index in [1.54, 1.807) is 36.3 Å². The van der Waals surface area contributed by atoms with Crippen LogP contribution >= 0.6 is 0 Å². The number of fused-ring (bicyclic) bond motifs is 1. The standard InChI is InChI=1S/C37H34N2O5/c1-44-34-20-9-3-12-27(34)21-23-39(24-22-35(40)41)37(43)33-19-8-6-17-31(33)30-16-5-7-18-32(30)36(42)38-25-28-14-10-13-26-11-2-4-15-29(26)28/h2-20H,21-25H2,1H3,(H,38,42)(H,40,41). The molecular weight excluding hydrogens is 552 g/mol. The third-order valence-electron chi connectivity index (χ3n) is 7.67. The molecule has 0 aliphatic rings. The van der Waals surface area contributed by atoms with Crippen molar-refractivity contribution >= 4 is 28.6 Å². The molecule has 5 aromatic carbocycles. The molecule has 7 nitrogen and oxygen atoms in total. The van der Waals surface area contributed by atoms with Gasteiger partial charge in [-0.15, -0.1) is 0 Å². The van der Waals surface area contributed by atoms with E-state index in [9.17, 15) is 19.5 Å². The summed E-state index contributed by atoms with van der Waals surface area (Å²) in [6.07, 6.45) is 0.303. The lowest BCUT2D eigenvalue weighted by Crippen LogP contribution is -2.35. The number of amides is 2. The minimum absolute atomic E-state index is 0.0464. The molecule has 5 aromatic rings. The van der Waals surface area contributed by atoms with E-state index in [2.05, 4.69) is 5.32 Å². The van der Waals surface area contributed by atoms with Crippen molar-refractivity contribution in [3.8, 4) is 16.9 Å². The summed E-state index contributed by atoms with van der Waals surface area (Å²) in [5, 5.41) is 14.6. The molecule has 0 bridgehead atoms. The highest BCUT2D eigenvalue weighted by Gasteiger charge is 2.23. The molecule has 222 valence electrons. The first-order valence-corrected chi connectivity index (χ1v) is 14.5. The quantitative estimate of drug-likeness (QED) is 0.172. The van der Waals surface area contributed by atoms with Crippen LogP contribution < -0.4 is 10.1 Å². The van der Waals surface area contributed by atoms with Gasteiger partial charge >= 0.3 is 5.97 Å². The minimum atomic E-state index is -0.985. The SMILES string of the molecule is COc1ccccc1CCN(CCC(=O)O)C(=O)c1ccccc1-c1ccccc1C(=O)NCc1cccc2ccccc12. The first-order valence-electron chi connectivity index (χ1n) is 14.5. The van der Waals surface area contributed by atoms with Crippen LogP contribution in [0.5, 0.6) is 5.75 Å². The molecule has 0 unspecified atom stereocenters. The second kappa shape index (κ2) is 14.2. The van der Waals surface area contributed by atoms with E-state index in [1.807, 2.05) is 91.0 Å². The number of benzene rings is 5. The molecule has 2 N–H and O–H groups in total. The summed E-state index contributed by atoms with van der Waals surface area (Å²) < 4.78 is 5.47. The van der Waals surface area contributed by atoms with Crippen LogP contribution in [0.3, 0.4) is 0 Å². The van der Waals surface area contributed by atoms with Gasteiger partial charge in [0.15, 0.2) is 0 Å². The topological polar surface area (TPSA) is 95.9 Å². The van der Waals surface area contributed by atoms with Gasteiger partial charge in [-0.05, 0) is 57.6 Å². The van der Waals surface area contributed by atoms with Gasteiger partial charge in [-0.2, -0.15) is 0 Å². The predicted octanol–water partition coefficient (Wildman–Crippen LogP) is 6.61. The molecule has 0 aliphatic heterocycles. The van der Waals surface area contributed by atoms with Crippen molar-refractivity contribution < 1.29 is 24.2 Å². The van der Waals surface area contributed by atoms with E-state index in [-0.39, 0.29) is 24.8 Å². The number of carbonyl (C=O) groups excluding carboxylic acids is 2.